The molecule has 214 valence electrons. The van der Waals surface area contributed by atoms with Gasteiger partial charge in [-0.05, 0) is 109 Å². The second-order valence-electron chi connectivity index (χ2n) is 12.8. The topological polar surface area (TPSA) is 18.5 Å². The van der Waals surface area contributed by atoms with E-state index in [2.05, 4.69) is 92.9 Å². The molecule has 0 radical (unpaired) electrons. The maximum atomic E-state index is 6.06. The zero-order valence-electron chi connectivity index (χ0n) is 26.2. The van der Waals surface area contributed by atoms with E-state index in [0.29, 0.717) is 35.5 Å². The average Bonchev–Trinajstić information content (AvgIpc) is 2.84. The minimum absolute atomic E-state index is 0.130. The molecule has 0 aromatic rings. The summed E-state index contributed by atoms with van der Waals surface area (Å²) in [6.07, 6.45) is 18.1. The third-order valence-electron chi connectivity index (χ3n) is 8.80. The van der Waals surface area contributed by atoms with E-state index < -0.39 is 0 Å². The van der Waals surface area contributed by atoms with Crippen LogP contribution < -0.4 is 0 Å². The number of hydrogen-bond donors (Lipinski definition) is 0. The fourth-order valence-corrected chi connectivity index (χ4v) is 6.13. The van der Waals surface area contributed by atoms with Crippen LogP contribution >= 0.6 is 0 Å². The highest BCUT2D eigenvalue weighted by Crippen LogP contribution is 2.42. The first-order valence-electron chi connectivity index (χ1n) is 15.2. The Hall–Kier alpha value is -1.64. The highest BCUT2D eigenvalue weighted by atomic mass is 16.5. The zero-order chi connectivity index (χ0) is 28.4. The van der Waals surface area contributed by atoms with Crippen LogP contribution in [0.4, 0.5) is 0 Å². The van der Waals surface area contributed by atoms with Crippen LogP contribution in [0, 0.1) is 35.5 Å². The van der Waals surface area contributed by atoms with E-state index in [-0.39, 0.29) is 12.2 Å². The van der Waals surface area contributed by atoms with Gasteiger partial charge < -0.3 is 9.47 Å². The molecule has 0 aromatic carbocycles. The van der Waals surface area contributed by atoms with E-state index in [4.69, 9.17) is 9.47 Å². The summed E-state index contributed by atoms with van der Waals surface area (Å²) < 4.78 is 12.0. The Morgan fingerprint density at radius 1 is 0.895 bits per heavy atom. The molecule has 0 amide bonds. The lowest BCUT2D eigenvalue weighted by atomic mass is 9.69. The molecule has 2 aliphatic rings. The van der Waals surface area contributed by atoms with Crippen LogP contribution in [0.25, 0.3) is 0 Å². The lowest BCUT2D eigenvalue weighted by Gasteiger charge is -2.36. The Balaban J connectivity index is 2.06. The Kier molecular flexibility index (Phi) is 13.6. The lowest BCUT2D eigenvalue weighted by Crippen LogP contribution is -2.25. The van der Waals surface area contributed by atoms with Crippen molar-refractivity contribution in [1.82, 2.24) is 0 Å². The molecule has 2 heteroatoms. The largest absolute Gasteiger partial charge is 0.374 e. The molecule has 0 fully saturated rings. The molecule has 0 aromatic heterocycles. The highest BCUT2D eigenvalue weighted by molar-refractivity contribution is 5.34. The maximum Gasteiger partial charge on any atom is 0.0751 e. The van der Waals surface area contributed by atoms with Gasteiger partial charge in [0.15, 0.2) is 0 Å². The second-order valence-corrected chi connectivity index (χ2v) is 12.8. The molecule has 0 N–H and O–H groups in total. The monoisotopic (exact) mass is 522 g/mol. The van der Waals surface area contributed by atoms with Crippen LogP contribution in [0.3, 0.4) is 0 Å². The van der Waals surface area contributed by atoms with Gasteiger partial charge in [-0.15, -0.1) is 6.58 Å². The van der Waals surface area contributed by atoms with Gasteiger partial charge >= 0.3 is 0 Å². The van der Waals surface area contributed by atoms with Gasteiger partial charge in [0, 0.05) is 13.2 Å². The van der Waals surface area contributed by atoms with Gasteiger partial charge in [0.2, 0.25) is 0 Å². The number of hydrogen-bond acceptors (Lipinski definition) is 2. The van der Waals surface area contributed by atoms with Crippen LogP contribution in [0.1, 0.15) is 94.4 Å². The SMILES string of the molecule is C=CC(C)OCC(C)CC[C@@H]1C(CC2C=C(C)C=C(C)C2CCC(C)COC(C)C(=C)C)=CC(C)=CC1C. The van der Waals surface area contributed by atoms with E-state index in [1.54, 1.807) is 11.1 Å². The van der Waals surface area contributed by atoms with Gasteiger partial charge in [-0.1, -0.05) is 85.6 Å². The van der Waals surface area contributed by atoms with E-state index in [1.165, 1.54) is 43.3 Å². The minimum atomic E-state index is 0.130. The summed E-state index contributed by atoms with van der Waals surface area (Å²) in [6.45, 7) is 29.7. The summed E-state index contributed by atoms with van der Waals surface area (Å²) in [5, 5.41) is 0. The summed E-state index contributed by atoms with van der Waals surface area (Å²) in [5.41, 5.74) is 7.16. The van der Waals surface area contributed by atoms with Crippen LogP contribution in [0.5, 0.6) is 0 Å². The van der Waals surface area contributed by atoms with Gasteiger partial charge in [0.1, 0.15) is 0 Å². The van der Waals surface area contributed by atoms with Crippen molar-refractivity contribution in [3.05, 3.63) is 71.4 Å². The summed E-state index contributed by atoms with van der Waals surface area (Å²) in [6, 6.07) is 0. The van der Waals surface area contributed by atoms with Crippen molar-refractivity contribution in [3.8, 4) is 0 Å². The average molecular weight is 523 g/mol. The van der Waals surface area contributed by atoms with Crippen molar-refractivity contribution in [1.29, 1.82) is 0 Å². The molecule has 0 saturated carbocycles. The molecule has 2 aliphatic carbocycles. The molecule has 38 heavy (non-hydrogen) atoms. The smallest absolute Gasteiger partial charge is 0.0751 e. The summed E-state index contributed by atoms with van der Waals surface area (Å²) >= 11 is 0. The Morgan fingerprint density at radius 2 is 1.47 bits per heavy atom. The van der Waals surface area contributed by atoms with E-state index in [9.17, 15) is 0 Å². The number of rotatable bonds is 16. The molecule has 0 spiro atoms. The molecule has 7 unspecified atom stereocenters. The second kappa shape index (κ2) is 15.8. The first-order chi connectivity index (χ1) is 17.9. The van der Waals surface area contributed by atoms with Crippen LogP contribution in [-0.4, -0.2) is 25.4 Å². The van der Waals surface area contributed by atoms with E-state index >= 15 is 0 Å². The summed E-state index contributed by atoms with van der Waals surface area (Å²) in [7, 11) is 0. The van der Waals surface area contributed by atoms with Gasteiger partial charge in [0.05, 0.1) is 12.2 Å². The Labute approximate surface area is 236 Å². The predicted molar refractivity (Wildman–Crippen MR) is 166 cm³/mol. The molecular weight excluding hydrogens is 464 g/mol. The van der Waals surface area contributed by atoms with Crippen LogP contribution in [0.15, 0.2) is 71.4 Å². The van der Waals surface area contributed by atoms with Crippen LogP contribution in [-0.2, 0) is 9.47 Å². The molecule has 0 saturated heterocycles. The van der Waals surface area contributed by atoms with Crippen molar-refractivity contribution in [2.45, 2.75) is 107 Å². The molecule has 8 atom stereocenters. The van der Waals surface area contributed by atoms with Gasteiger partial charge in [-0.25, -0.2) is 0 Å². The first kappa shape index (κ1) is 32.6. The summed E-state index contributed by atoms with van der Waals surface area (Å²) in [4.78, 5) is 0. The van der Waals surface area contributed by atoms with E-state index in [1.807, 2.05) is 13.0 Å². The third-order valence-corrected chi connectivity index (χ3v) is 8.80. The van der Waals surface area contributed by atoms with Crippen LogP contribution in [0.2, 0.25) is 0 Å². The zero-order valence-corrected chi connectivity index (χ0v) is 26.2. The van der Waals surface area contributed by atoms with Crippen molar-refractivity contribution in [2.75, 3.05) is 13.2 Å². The number of ether oxygens (including phenoxy) is 2. The lowest BCUT2D eigenvalue weighted by molar-refractivity contribution is 0.0615. The van der Waals surface area contributed by atoms with Gasteiger partial charge in [-0.2, -0.15) is 0 Å². The van der Waals surface area contributed by atoms with Crippen molar-refractivity contribution < 1.29 is 9.47 Å². The molecule has 2 nitrogen and oxygen atoms in total. The van der Waals surface area contributed by atoms with E-state index in [0.717, 1.165) is 18.8 Å². The van der Waals surface area contributed by atoms with Crippen molar-refractivity contribution in [3.63, 3.8) is 0 Å². The normalized spacial score (nSPS) is 26.9. The highest BCUT2D eigenvalue weighted by Gasteiger charge is 2.30. The molecule has 0 bridgehead atoms. The Morgan fingerprint density at radius 3 is 2.08 bits per heavy atom. The quantitative estimate of drug-likeness (QED) is 0.188. The van der Waals surface area contributed by atoms with Gasteiger partial charge in [0.25, 0.3) is 0 Å². The van der Waals surface area contributed by atoms with Crippen molar-refractivity contribution >= 4 is 0 Å². The maximum absolute atomic E-state index is 6.06. The summed E-state index contributed by atoms with van der Waals surface area (Å²) in [5.74, 6) is 3.50. The molecular formula is C36H58O2. The van der Waals surface area contributed by atoms with Crippen molar-refractivity contribution in [2.24, 2.45) is 35.5 Å². The number of allylic oxidation sites excluding steroid dienone is 8. The fourth-order valence-electron chi connectivity index (χ4n) is 6.13. The molecule has 0 aliphatic heterocycles. The first-order valence-corrected chi connectivity index (χ1v) is 15.2. The third kappa shape index (κ3) is 10.5. The Bertz CT molecular complexity index is 900. The minimum Gasteiger partial charge on any atom is -0.374 e. The molecule has 2 rings (SSSR count). The van der Waals surface area contributed by atoms with Gasteiger partial charge in [-0.3, -0.25) is 0 Å². The molecule has 0 heterocycles. The standard InChI is InChI=1S/C36H58O2/c1-12-31(10)37-22-25(4)13-15-35-29(8)17-27(6)19-33(35)21-34-20-28(7)18-30(9)36(34)16-14-26(5)23-38-32(11)24(2)3/h12,17-20,25-26,29,31-32,34-36H,1-2,13-16,21-23H2,3-11H3/t25?,26?,29?,31?,32?,34?,35-,36?/m0/s1. The predicted octanol–water partition coefficient (Wildman–Crippen LogP) is 10.1. The fraction of sp³-hybridized carbons (Fsp3) is 0.667.